The molecule has 12 heavy (non-hydrogen) atoms. The predicted molar refractivity (Wildman–Crippen MR) is 40.5 cm³/mol. The van der Waals surface area contributed by atoms with Gasteiger partial charge in [0.1, 0.15) is 0 Å². The van der Waals surface area contributed by atoms with Crippen LogP contribution in [0.5, 0.6) is 0 Å². The number of fused-ring (bicyclic) bond motifs is 1. The fraction of sp³-hybridized carbons (Fsp3) is 0.500. The maximum Gasteiger partial charge on any atom is 0.323 e. The standard InChI is InChI=1S/C6H8N4O2/c1-6-3(7-2-8-6)9-5(12)10-4(6)11/h2-3H,1H3,(H,7,8)(H2,9,10,11,12). The zero-order valence-electron chi connectivity index (χ0n) is 6.42. The fourth-order valence-corrected chi connectivity index (χ4v) is 1.24. The molecule has 2 heterocycles. The van der Waals surface area contributed by atoms with Crippen molar-refractivity contribution in [2.75, 3.05) is 0 Å². The van der Waals surface area contributed by atoms with Gasteiger partial charge in [0.15, 0.2) is 11.7 Å². The number of hydrogen-bond acceptors (Lipinski definition) is 4. The molecule has 6 nitrogen and oxygen atoms in total. The summed E-state index contributed by atoms with van der Waals surface area (Å²) in [4.78, 5) is 26.0. The lowest BCUT2D eigenvalue weighted by molar-refractivity contribution is -0.127. The first kappa shape index (κ1) is 7.08. The van der Waals surface area contributed by atoms with Gasteiger partial charge in [-0.1, -0.05) is 0 Å². The van der Waals surface area contributed by atoms with Crippen molar-refractivity contribution >= 4 is 18.3 Å². The number of hydrogen-bond donors (Lipinski definition) is 3. The second-order valence-corrected chi connectivity index (χ2v) is 2.95. The monoisotopic (exact) mass is 168 g/mol. The van der Waals surface area contributed by atoms with E-state index >= 15 is 0 Å². The number of urea groups is 1. The molecule has 64 valence electrons. The highest BCUT2D eigenvalue weighted by atomic mass is 16.2. The summed E-state index contributed by atoms with van der Waals surface area (Å²) in [7, 11) is 0. The van der Waals surface area contributed by atoms with Crippen LogP contribution in [0.15, 0.2) is 4.99 Å². The average molecular weight is 168 g/mol. The van der Waals surface area contributed by atoms with Crippen molar-refractivity contribution in [1.29, 1.82) is 0 Å². The molecule has 0 aromatic heterocycles. The van der Waals surface area contributed by atoms with Gasteiger partial charge in [0, 0.05) is 0 Å². The van der Waals surface area contributed by atoms with Crippen molar-refractivity contribution in [3.63, 3.8) is 0 Å². The highest BCUT2D eigenvalue weighted by molar-refractivity contribution is 6.04. The topological polar surface area (TPSA) is 82.6 Å². The molecule has 3 amide bonds. The van der Waals surface area contributed by atoms with Crippen LogP contribution in [0.4, 0.5) is 4.79 Å². The van der Waals surface area contributed by atoms with E-state index in [1.165, 1.54) is 6.34 Å². The van der Waals surface area contributed by atoms with Crippen molar-refractivity contribution in [1.82, 2.24) is 16.0 Å². The summed E-state index contributed by atoms with van der Waals surface area (Å²) >= 11 is 0. The summed E-state index contributed by atoms with van der Waals surface area (Å²) in [6.07, 6.45) is 0.939. The van der Waals surface area contributed by atoms with Gasteiger partial charge in [-0.3, -0.25) is 10.1 Å². The van der Waals surface area contributed by atoms with Crippen LogP contribution in [0.2, 0.25) is 0 Å². The molecule has 2 unspecified atom stereocenters. The molecule has 2 aliphatic heterocycles. The molecule has 0 aliphatic carbocycles. The Balaban J connectivity index is 2.32. The van der Waals surface area contributed by atoms with Crippen LogP contribution in [0.25, 0.3) is 0 Å². The highest BCUT2D eigenvalue weighted by Crippen LogP contribution is 2.17. The largest absolute Gasteiger partial charge is 0.359 e. The number of nitrogens with one attached hydrogen (secondary N) is 3. The second kappa shape index (κ2) is 1.96. The van der Waals surface area contributed by atoms with Crippen LogP contribution in [-0.2, 0) is 4.79 Å². The zero-order valence-corrected chi connectivity index (χ0v) is 6.42. The zero-order chi connectivity index (χ0) is 8.77. The van der Waals surface area contributed by atoms with E-state index in [1.807, 2.05) is 0 Å². The number of carbonyl (C=O) groups excluding carboxylic acids is 2. The Morgan fingerprint density at radius 1 is 1.58 bits per heavy atom. The summed E-state index contributed by atoms with van der Waals surface area (Å²) in [5.41, 5.74) is -0.825. The van der Waals surface area contributed by atoms with Gasteiger partial charge in [-0.2, -0.15) is 0 Å². The third kappa shape index (κ3) is 0.715. The number of aliphatic imine (C=N–C) groups is 1. The number of nitrogens with zero attached hydrogens (tertiary/aromatic N) is 1. The first-order chi connectivity index (χ1) is 5.63. The summed E-state index contributed by atoms with van der Waals surface area (Å²) in [6, 6.07) is -0.497. The minimum atomic E-state index is -0.825. The quantitative estimate of drug-likeness (QED) is 0.413. The highest BCUT2D eigenvalue weighted by Gasteiger charge is 2.48. The first-order valence-corrected chi connectivity index (χ1v) is 3.54. The van der Waals surface area contributed by atoms with Gasteiger partial charge in [-0.05, 0) is 6.92 Å². The third-order valence-electron chi connectivity index (χ3n) is 2.10. The molecule has 2 aliphatic rings. The Bertz CT molecular complexity index is 287. The molecule has 0 saturated carbocycles. The Labute approximate surface area is 68.4 Å². The Morgan fingerprint density at radius 2 is 2.33 bits per heavy atom. The van der Waals surface area contributed by atoms with E-state index in [4.69, 9.17) is 0 Å². The lowest BCUT2D eigenvalue weighted by atomic mass is 9.97. The van der Waals surface area contributed by atoms with E-state index in [9.17, 15) is 9.59 Å². The molecule has 1 saturated heterocycles. The van der Waals surface area contributed by atoms with Gasteiger partial charge in [-0.15, -0.1) is 0 Å². The number of amides is 3. The Kier molecular flexibility index (Phi) is 1.16. The molecule has 0 spiro atoms. The lowest BCUT2D eigenvalue weighted by Gasteiger charge is -2.33. The average Bonchev–Trinajstić information content (AvgIpc) is 2.33. The molecule has 6 heteroatoms. The Hall–Kier alpha value is -1.59. The van der Waals surface area contributed by atoms with E-state index in [0.717, 1.165) is 0 Å². The number of imide groups is 1. The van der Waals surface area contributed by atoms with Crippen LogP contribution in [0.3, 0.4) is 0 Å². The molecular formula is C6H8N4O2. The molecule has 0 aromatic carbocycles. The molecule has 0 bridgehead atoms. The van der Waals surface area contributed by atoms with Crippen molar-refractivity contribution in [2.45, 2.75) is 18.6 Å². The maximum absolute atomic E-state index is 11.3. The summed E-state index contributed by atoms with van der Waals surface area (Å²) < 4.78 is 0. The normalized spacial score (nSPS) is 38.2. The van der Waals surface area contributed by atoms with Crippen molar-refractivity contribution in [3.8, 4) is 0 Å². The van der Waals surface area contributed by atoms with E-state index in [1.54, 1.807) is 6.92 Å². The summed E-state index contributed by atoms with van der Waals surface area (Å²) in [6.45, 7) is 1.68. The van der Waals surface area contributed by atoms with Gasteiger partial charge in [0.25, 0.3) is 5.91 Å². The minimum Gasteiger partial charge on any atom is -0.359 e. The first-order valence-electron chi connectivity index (χ1n) is 3.54. The van der Waals surface area contributed by atoms with E-state index in [2.05, 4.69) is 20.9 Å². The minimum absolute atomic E-state index is 0.353. The van der Waals surface area contributed by atoms with Gasteiger partial charge in [-0.25, -0.2) is 9.79 Å². The predicted octanol–water partition coefficient (Wildman–Crippen LogP) is -1.46. The number of carbonyl (C=O) groups is 2. The SMILES string of the molecule is CC12NC=NC1NC(=O)NC2=O. The number of rotatable bonds is 0. The van der Waals surface area contributed by atoms with Crippen molar-refractivity contribution in [3.05, 3.63) is 0 Å². The van der Waals surface area contributed by atoms with Gasteiger partial charge >= 0.3 is 6.03 Å². The van der Waals surface area contributed by atoms with E-state index in [-0.39, 0.29) is 5.91 Å². The lowest BCUT2D eigenvalue weighted by Crippen LogP contribution is -2.69. The van der Waals surface area contributed by atoms with Crippen molar-refractivity contribution < 1.29 is 9.59 Å². The van der Waals surface area contributed by atoms with Gasteiger partial charge < -0.3 is 10.6 Å². The molecule has 3 N–H and O–H groups in total. The van der Waals surface area contributed by atoms with Crippen LogP contribution >= 0.6 is 0 Å². The second-order valence-electron chi connectivity index (χ2n) is 2.95. The van der Waals surface area contributed by atoms with E-state index < -0.39 is 17.7 Å². The van der Waals surface area contributed by atoms with Gasteiger partial charge in [0.05, 0.1) is 6.34 Å². The summed E-state index contributed by atoms with van der Waals surface area (Å²) in [5.74, 6) is -0.353. The summed E-state index contributed by atoms with van der Waals surface area (Å²) in [5, 5.41) is 7.46. The van der Waals surface area contributed by atoms with Crippen molar-refractivity contribution in [2.24, 2.45) is 4.99 Å². The molecule has 2 rings (SSSR count). The molecular weight excluding hydrogens is 160 g/mol. The third-order valence-corrected chi connectivity index (χ3v) is 2.10. The molecule has 0 aromatic rings. The van der Waals surface area contributed by atoms with Crippen LogP contribution < -0.4 is 16.0 Å². The maximum atomic E-state index is 11.3. The van der Waals surface area contributed by atoms with E-state index in [0.29, 0.717) is 0 Å². The van der Waals surface area contributed by atoms with Gasteiger partial charge in [0.2, 0.25) is 0 Å². The molecule has 0 radical (unpaired) electrons. The van der Waals surface area contributed by atoms with Crippen LogP contribution in [-0.4, -0.2) is 30.0 Å². The van der Waals surface area contributed by atoms with Crippen LogP contribution in [0, 0.1) is 0 Å². The van der Waals surface area contributed by atoms with Crippen LogP contribution in [0.1, 0.15) is 6.92 Å². The smallest absolute Gasteiger partial charge is 0.323 e. The Morgan fingerprint density at radius 3 is 3.08 bits per heavy atom. The fourth-order valence-electron chi connectivity index (χ4n) is 1.24. The molecule has 1 fully saturated rings. The molecule has 2 atom stereocenters.